The van der Waals surface area contributed by atoms with E-state index in [0.717, 1.165) is 0 Å². The number of amides is 2. The van der Waals surface area contributed by atoms with Crippen LogP contribution in [0.5, 0.6) is 0 Å². The minimum Gasteiger partial charge on any atom is -0.465 e. The van der Waals surface area contributed by atoms with Crippen LogP contribution in [0, 0.1) is 0 Å². The Labute approximate surface area is 98.9 Å². The number of carbonyl (C=O) groups excluding carboxylic acids is 2. The maximum atomic E-state index is 11.5. The SMILES string of the molecule is O=C(/C=C/c1ccco1)NC1CCC(=O)NC1. The molecule has 5 heteroatoms. The second kappa shape index (κ2) is 5.34. The van der Waals surface area contributed by atoms with Gasteiger partial charge in [0.15, 0.2) is 0 Å². The fourth-order valence-corrected chi connectivity index (χ4v) is 1.65. The topological polar surface area (TPSA) is 71.3 Å². The normalized spacial score (nSPS) is 20.2. The summed E-state index contributed by atoms with van der Waals surface area (Å²) < 4.78 is 5.06. The molecule has 1 atom stereocenters. The van der Waals surface area contributed by atoms with Crippen molar-refractivity contribution in [3.05, 3.63) is 30.2 Å². The quantitative estimate of drug-likeness (QED) is 0.756. The Hall–Kier alpha value is -2.04. The molecular formula is C12H14N2O3. The number of furan rings is 1. The fourth-order valence-electron chi connectivity index (χ4n) is 1.65. The van der Waals surface area contributed by atoms with Crippen molar-refractivity contribution in [1.29, 1.82) is 0 Å². The molecule has 2 N–H and O–H groups in total. The van der Waals surface area contributed by atoms with Crippen molar-refractivity contribution in [2.45, 2.75) is 18.9 Å². The van der Waals surface area contributed by atoms with Gasteiger partial charge < -0.3 is 15.1 Å². The van der Waals surface area contributed by atoms with Crippen LogP contribution in [-0.2, 0) is 9.59 Å². The molecule has 2 heterocycles. The van der Waals surface area contributed by atoms with Gasteiger partial charge in [0.2, 0.25) is 11.8 Å². The maximum absolute atomic E-state index is 11.5. The third-order valence-electron chi connectivity index (χ3n) is 2.55. The summed E-state index contributed by atoms with van der Waals surface area (Å²) in [6.07, 6.45) is 5.74. The van der Waals surface area contributed by atoms with Crippen LogP contribution >= 0.6 is 0 Å². The molecule has 5 nitrogen and oxygen atoms in total. The summed E-state index contributed by atoms with van der Waals surface area (Å²) in [6.45, 7) is 0.499. The van der Waals surface area contributed by atoms with E-state index in [9.17, 15) is 9.59 Å². The van der Waals surface area contributed by atoms with Crippen molar-refractivity contribution in [3.63, 3.8) is 0 Å². The third-order valence-corrected chi connectivity index (χ3v) is 2.55. The van der Waals surface area contributed by atoms with E-state index in [1.165, 1.54) is 6.08 Å². The number of rotatable bonds is 3. The first-order chi connectivity index (χ1) is 8.24. The highest BCUT2D eigenvalue weighted by Gasteiger charge is 2.18. The predicted molar refractivity (Wildman–Crippen MR) is 61.9 cm³/mol. The standard InChI is InChI=1S/C12H14N2O3/c15-11-5-3-9(8-13-11)14-12(16)6-4-10-2-1-7-17-10/h1-2,4,6-7,9H,3,5,8H2,(H,13,15)(H,14,16)/b6-4+. The van der Waals surface area contributed by atoms with E-state index in [2.05, 4.69) is 10.6 Å². The van der Waals surface area contributed by atoms with Crippen LogP contribution in [0.15, 0.2) is 28.9 Å². The van der Waals surface area contributed by atoms with Crippen molar-refractivity contribution in [1.82, 2.24) is 10.6 Å². The Balaban J connectivity index is 1.79. The molecular weight excluding hydrogens is 220 g/mol. The summed E-state index contributed by atoms with van der Waals surface area (Å²) in [4.78, 5) is 22.5. The number of piperidine rings is 1. The Morgan fingerprint density at radius 3 is 3.12 bits per heavy atom. The van der Waals surface area contributed by atoms with Crippen LogP contribution in [-0.4, -0.2) is 24.4 Å². The van der Waals surface area contributed by atoms with Crippen LogP contribution in [0.25, 0.3) is 6.08 Å². The Morgan fingerprint density at radius 2 is 2.47 bits per heavy atom. The molecule has 0 radical (unpaired) electrons. The largest absolute Gasteiger partial charge is 0.465 e. The molecule has 0 bridgehead atoms. The van der Waals surface area contributed by atoms with E-state index in [0.29, 0.717) is 25.1 Å². The lowest BCUT2D eigenvalue weighted by Crippen LogP contribution is -2.47. The van der Waals surface area contributed by atoms with E-state index in [4.69, 9.17) is 4.42 Å². The van der Waals surface area contributed by atoms with E-state index in [1.807, 2.05) is 0 Å². The molecule has 0 aliphatic carbocycles. The van der Waals surface area contributed by atoms with Crippen molar-refractivity contribution >= 4 is 17.9 Å². The van der Waals surface area contributed by atoms with E-state index in [1.54, 1.807) is 24.5 Å². The highest BCUT2D eigenvalue weighted by atomic mass is 16.3. The molecule has 17 heavy (non-hydrogen) atoms. The zero-order chi connectivity index (χ0) is 12.1. The highest BCUT2D eigenvalue weighted by Crippen LogP contribution is 2.04. The summed E-state index contributed by atoms with van der Waals surface area (Å²) in [7, 11) is 0. The maximum Gasteiger partial charge on any atom is 0.244 e. The third kappa shape index (κ3) is 3.48. The first kappa shape index (κ1) is 11.4. The van der Waals surface area contributed by atoms with Gasteiger partial charge in [0, 0.05) is 25.1 Å². The Morgan fingerprint density at radius 1 is 1.59 bits per heavy atom. The van der Waals surface area contributed by atoms with Gasteiger partial charge >= 0.3 is 0 Å². The fraction of sp³-hybridized carbons (Fsp3) is 0.333. The highest BCUT2D eigenvalue weighted by molar-refractivity contribution is 5.91. The second-order valence-corrected chi connectivity index (χ2v) is 3.90. The molecule has 1 saturated heterocycles. The molecule has 1 aliphatic rings. The molecule has 2 amide bonds. The summed E-state index contributed by atoms with van der Waals surface area (Å²) >= 11 is 0. The molecule has 1 aromatic heterocycles. The first-order valence-corrected chi connectivity index (χ1v) is 5.53. The number of hydrogen-bond donors (Lipinski definition) is 2. The average Bonchev–Trinajstić information content (AvgIpc) is 2.83. The minimum absolute atomic E-state index is 0.0152. The molecule has 0 aromatic carbocycles. The van der Waals surface area contributed by atoms with Crippen LogP contribution in [0.1, 0.15) is 18.6 Å². The first-order valence-electron chi connectivity index (χ1n) is 5.53. The summed E-state index contributed by atoms with van der Waals surface area (Å²) in [5, 5.41) is 5.53. The molecule has 2 rings (SSSR count). The molecule has 1 aliphatic heterocycles. The zero-order valence-electron chi connectivity index (χ0n) is 9.31. The number of carbonyl (C=O) groups is 2. The summed E-state index contributed by atoms with van der Waals surface area (Å²) in [5.74, 6) is 0.501. The van der Waals surface area contributed by atoms with Crippen molar-refractivity contribution in [2.24, 2.45) is 0 Å². The van der Waals surface area contributed by atoms with Gasteiger partial charge in [0.25, 0.3) is 0 Å². The van der Waals surface area contributed by atoms with E-state index >= 15 is 0 Å². The second-order valence-electron chi connectivity index (χ2n) is 3.90. The van der Waals surface area contributed by atoms with Crippen molar-refractivity contribution < 1.29 is 14.0 Å². The monoisotopic (exact) mass is 234 g/mol. The molecule has 90 valence electrons. The van der Waals surface area contributed by atoms with E-state index in [-0.39, 0.29) is 17.9 Å². The Bertz CT molecular complexity index is 413. The van der Waals surface area contributed by atoms with E-state index < -0.39 is 0 Å². The summed E-state index contributed by atoms with van der Waals surface area (Å²) in [5.41, 5.74) is 0. The van der Waals surface area contributed by atoms with Gasteiger partial charge in [-0.2, -0.15) is 0 Å². The smallest absolute Gasteiger partial charge is 0.244 e. The van der Waals surface area contributed by atoms with Gasteiger partial charge in [0.05, 0.1) is 6.26 Å². The molecule has 1 fully saturated rings. The molecule has 1 unspecified atom stereocenters. The molecule has 0 saturated carbocycles. The van der Waals surface area contributed by atoms with Crippen LogP contribution in [0.4, 0.5) is 0 Å². The lowest BCUT2D eigenvalue weighted by molar-refractivity contribution is -0.124. The van der Waals surface area contributed by atoms with Crippen molar-refractivity contribution in [2.75, 3.05) is 6.54 Å². The number of hydrogen-bond acceptors (Lipinski definition) is 3. The molecule has 1 aromatic rings. The Kier molecular flexibility index (Phi) is 3.59. The van der Waals surface area contributed by atoms with Crippen LogP contribution in [0.3, 0.4) is 0 Å². The van der Waals surface area contributed by atoms with Crippen LogP contribution < -0.4 is 10.6 Å². The van der Waals surface area contributed by atoms with Gasteiger partial charge in [-0.3, -0.25) is 9.59 Å². The number of nitrogens with one attached hydrogen (secondary N) is 2. The minimum atomic E-state index is -0.178. The average molecular weight is 234 g/mol. The van der Waals surface area contributed by atoms with Gasteiger partial charge in [0.1, 0.15) is 5.76 Å². The van der Waals surface area contributed by atoms with Gasteiger partial charge in [-0.15, -0.1) is 0 Å². The predicted octanol–water partition coefficient (Wildman–Crippen LogP) is 0.688. The van der Waals surface area contributed by atoms with Gasteiger partial charge in [-0.25, -0.2) is 0 Å². The molecule has 0 spiro atoms. The lowest BCUT2D eigenvalue weighted by atomic mass is 10.1. The van der Waals surface area contributed by atoms with Gasteiger partial charge in [-0.05, 0) is 24.6 Å². The van der Waals surface area contributed by atoms with Gasteiger partial charge in [-0.1, -0.05) is 0 Å². The summed E-state index contributed by atoms with van der Waals surface area (Å²) in [6, 6.07) is 3.54. The van der Waals surface area contributed by atoms with Crippen molar-refractivity contribution in [3.8, 4) is 0 Å². The zero-order valence-corrected chi connectivity index (χ0v) is 9.31. The lowest BCUT2D eigenvalue weighted by Gasteiger charge is -2.22. The van der Waals surface area contributed by atoms with Crippen LogP contribution in [0.2, 0.25) is 0 Å².